The molecule has 29 heavy (non-hydrogen) atoms. The first-order chi connectivity index (χ1) is 14.1. The van der Waals surface area contributed by atoms with Crippen molar-refractivity contribution in [3.63, 3.8) is 0 Å². The number of nitrogens with one attached hydrogen (secondary N) is 1. The number of hydrogen-bond donors (Lipinski definition) is 1. The number of fused-ring (bicyclic) bond motifs is 3. The number of thiophene rings is 1. The fourth-order valence-corrected chi connectivity index (χ4v) is 4.56. The van der Waals surface area contributed by atoms with Crippen LogP contribution in [0.5, 0.6) is 0 Å². The molecule has 0 atom stereocenters. The molecular formula is C22H24N4O2S. The summed E-state index contributed by atoms with van der Waals surface area (Å²) in [6.45, 7) is 4.59. The van der Waals surface area contributed by atoms with Gasteiger partial charge in [-0.3, -0.25) is 14.0 Å². The number of amides is 1. The van der Waals surface area contributed by atoms with Crippen LogP contribution in [0.1, 0.15) is 30.1 Å². The second kappa shape index (κ2) is 8.21. The van der Waals surface area contributed by atoms with Crippen molar-refractivity contribution in [3.05, 3.63) is 69.1 Å². The van der Waals surface area contributed by atoms with E-state index >= 15 is 0 Å². The number of aromatic nitrogens is 3. The average molecular weight is 409 g/mol. The second-order valence-corrected chi connectivity index (χ2v) is 8.17. The summed E-state index contributed by atoms with van der Waals surface area (Å²) < 4.78 is 4.31. The van der Waals surface area contributed by atoms with E-state index in [0.717, 1.165) is 34.4 Å². The molecule has 0 saturated heterocycles. The van der Waals surface area contributed by atoms with Crippen LogP contribution in [0.15, 0.2) is 47.3 Å². The summed E-state index contributed by atoms with van der Waals surface area (Å²) in [6.07, 6.45) is 2.40. The molecule has 0 aliphatic heterocycles. The number of benzene rings is 1. The Balaban J connectivity index is 1.56. The molecule has 0 spiro atoms. The van der Waals surface area contributed by atoms with Crippen molar-refractivity contribution < 1.29 is 4.79 Å². The first kappa shape index (κ1) is 19.4. The number of rotatable bonds is 7. The van der Waals surface area contributed by atoms with Gasteiger partial charge in [0, 0.05) is 17.8 Å². The maximum absolute atomic E-state index is 13.0. The third kappa shape index (κ3) is 3.82. The van der Waals surface area contributed by atoms with Crippen molar-refractivity contribution in [1.29, 1.82) is 0 Å². The Kier molecular flexibility index (Phi) is 5.49. The van der Waals surface area contributed by atoms with Crippen LogP contribution in [0.2, 0.25) is 0 Å². The minimum atomic E-state index is -0.234. The summed E-state index contributed by atoms with van der Waals surface area (Å²) in [5, 5.41) is 7.38. The molecule has 7 heteroatoms. The van der Waals surface area contributed by atoms with E-state index in [2.05, 4.69) is 23.4 Å². The molecule has 0 aliphatic rings. The van der Waals surface area contributed by atoms with Crippen LogP contribution in [0.25, 0.3) is 15.7 Å². The highest BCUT2D eigenvalue weighted by Crippen LogP contribution is 2.29. The maximum atomic E-state index is 13.0. The highest BCUT2D eigenvalue weighted by molar-refractivity contribution is 7.19. The lowest BCUT2D eigenvalue weighted by Crippen LogP contribution is -2.36. The molecule has 1 amide bonds. The predicted octanol–water partition coefficient (Wildman–Crippen LogP) is 3.19. The number of aryl methyl sites for hydroxylation is 2. The molecule has 0 aliphatic carbocycles. The molecule has 1 N–H and O–H groups in total. The van der Waals surface area contributed by atoms with E-state index in [-0.39, 0.29) is 18.0 Å². The van der Waals surface area contributed by atoms with Gasteiger partial charge in [-0.1, -0.05) is 44.2 Å². The van der Waals surface area contributed by atoms with Crippen molar-refractivity contribution in [3.8, 4) is 0 Å². The van der Waals surface area contributed by atoms with Gasteiger partial charge in [-0.05, 0) is 30.5 Å². The average Bonchev–Trinajstić information content (AvgIpc) is 3.29. The molecule has 4 aromatic rings. The van der Waals surface area contributed by atoms with E-state index in [0.29, 0.717) is 18.5 Å². The molecule has 1 aromatic carbocycles. The fraction of sp³-hybridized carbons (Fsp3) is 0.318. The quantitative estimate of drug-likeness (QED) is 0.511. The molecule has 3 aromatic heterocycles. The minimum absolute atomic E-state index is 0.0733. The Bertz CT molecular complexity index is 1220. The highest BCUT2D eigenvalue weighted by Gasteiger charge is 2.16. The lowest BCUT2D eigenvalue weighted by molar-refractivity contribution is -0.121. The van der Waals surface area contributed by atoms with E-state index < -0.39 is 0 Å². The summed E-state index contributed by atoms with van der Waals surface area (Å²) in [7, 11) is 0. The van der Waals surface area contributed by atoms with Crippen molar-refractivity contribution in [2.24, 2.45) is 0 Å². The zero-order valence-electron chi connectivity index (χ0n) is 16.6. The molecule has 0 saturated carbocycles. The van der Waals surface area contributed by atoms with E-state index in [9.17, 15) is 9.59 Å². The van der Waals surface area contributed by atoms with Crippen LogP contribution in [-0.2, 0) is 30.6 Å². The zero-order chi connectivity index (χ0) is 20.4. The van der Waals surface area contributed by atoms with Crippen LogP contribution in [0.4, 0.5) is 0 Å². The smallest absolute Gasteiger partial charge is 0.291 e. The monoisotopic (exact) mass is 408 g/mol. The Labute approximate surface area is 172 Å². The summed E-state index contributed by atoms with van der Waals surface area (Å²) in [4.78, 5) is 26.6. The van der Waals surface area contributed by atoms with Crippen LogP contribution < -0.4 is 10.9 Å². The molecule has 0 bridgehead atoms. The van der Waals surface area contributed by atoms with Gasteiger partial charge < -0.3 is 5.32 Å². The lowest BCUT2D eigenvalue weighted by Gasteiger charge is -2.10. The van der Waals surface area contributed by atoms with Crippen molar-refractivity contribution in [2.45, 2.75) is 39.7 Å². The molecule has 4 rings (SSSR count). The third-order valence-electron chi connectivity index (χ3n) is 5.03. The third-order valence-corrected chi connectivity index (χ3v) is 6.24. The van der Waals surface area contributed by atoms with Gasteiger partial charge in [0.15, 0.2) is 0 Å². The predicted molar refractivity (Wildman–Crippen MR) is 117 cm³/mol. The van der Waals surface area contributed by atoms with Crippen LogP contribution in [-0.4, -0.2) is 26.6 Å². The molecule has 0 unspecified atom stereocenters. The Morgan fingerprint density at radius 1 is 1.10 bits per heavy atom. The van der Waals surface area contributed by atoms with E-state index in [1.807, 2.05) is 47.7 Å². The largest absolute Gasteiger partial charge is 0.354 e. The Morgan fingerprint density at radius 2 is 1.90 bits per heavy atom. The summed E-state index contributed by atoms with van der Waals surface area (Å²) in [5.74, 6) is 0.579. The van der Waals surface area contributed by atoms with Crippen LogP contribution in [0.3, 0.4) is 0 Å². The Hall–Kier alpha value is -2.93. The molecule has 3 heterocycles. The molecule has 0 radical (unpaired) electrons. The van der Waals surface area contributed by atoms with Gasteiger partial charge in [-0.15, -0.1) is 11.3 Å². The zero-order valence-corrected chi connectivity index (χ0v) is 17.5. The van der Waals surface area contributed by atoms with Crippen molar-refractivity contribution >= 4 is 33.0 Å². The summed E-state index contributed by atoms with van der Waals surface area (Å²) >= 11 is 1.70. The topological polar surface area (TPSA) is 68.4 Å². The van der Waals surface area contributed by atoms with Gasteiger partial charge in [0.2, 0.25) is 5.91 Å². The van der Waals surface area contributed by atoms with Crippen LogP contribution in [0, 0.1) is 0 Å². The number of carbonyl (C=O) groups is 1. The summed E-state index contributed by atoms with van der Waals surface area (Å²) in [6, 6.07) is 14.0. The van der Waals surface area contributed by atoms with Gasteiger partial charge in [0.25, 0.3) is 5.56 Å². The lowest BCUT2D eigenvalue weighted by atomic mass is 10.1. The summed E-state index contributed by atoms with van der Waals surface area (Å²) in [5.41, 5.74) is 2.54. The SMILES string of the molecule is CCc1cc2c(cc3c(=O)n(CC(=O)NCCc4ccccc4)nc(CC)n32)s1. The van der Waals surface area contributed by atoms with E-state index in [1.54, 1.807) is 11.3 Å². The molecule has 0 fully saturated rings. The molecular weight excluding hydrogens is 384 g/mol. The van der Waals surface area contributed by atoms with Gasteiger partial charge >= 0.3 is 0 Å². The van der Waals surface area contributed by atoms with Crippen LogP contribution >= 0.6 is 11.3 Å². The van der Waals surface area contributed by atoms with Crippen molar-refractivity contribution in [1.82, 2.24) is 19.5 Å². The van der Waals surface area contributed by atoms with Gasteiger partial charge in [0.1, 0.15) is 17.9 Å². The van der Waals surface area contributed by atoms with Gasteiger partial charge in [-0.2, -0.15) is 5.10 Å². The fourth-order valence-electron chi connectivity index (χ4n) is 3.53. The minimum Gasteiger partial charge on any atom is -0.354 e. The van der Waals surface area contributed by atoms with Gasteiger partial charge in [0.05, 0.1) is 10.2 Å². The number of hydrogen-bond acceptors (Lipinski definition) is 4. The molecule has 6 nitrogen and oxygen atoms in total. The second-order valence-electron chi connectivity index (χ2n) is 7.00. The first-order valence-corrected chi connectivity index (χ1v) is 10.8. The van der Waals surface area contributed by atoms with E-state index in [4.69, 9.17) is 0 Å². The first-order valence-electron chi connectivity index (χ1n) is 9.95. The number of carbonyl (C=O) groups excluding carboxylic acids is 1. The van der Waals surface area contributed by atoms with Gasteiger partial charge in [-0.25, -0.2) is 4.68 Å². The molecule has 150 valence electrons. The van der Waals surface area contributed by atoms with E-state index in [1.165, 1.54) is 9.56 Å². The maximum Gasteiger partial charge on any atom is 0.291 e. The number of nitrogens with zero attached hydrogens (tertiary/aromatic N) is 3. The highest BCUT2D eigenvalue weighted by atomic mass is 32.1. The standard InChI is InChI=1S/C22H24N4O2S/c1-3-16-12-17-19(29-16)13-18-22(28)25(24-20(4-2)26(17)18)14-21(27)23-11-10-15-8-6-5-7-9-15/h5-9,12-13H,3-4,10-11,14H2,1-2H3,(H,23,27). The normalized spacial score (nSPS) is 11.4. The van der Waals surface area contributed by atoms with Crippen molar-refractivity contribution in [2.75, 3.05) is 6.54 Å². The Morgan fingerprint density at radius 3 is 2.62 bits per heavy atom.